The lowest BCUT2D eigenvalue weighted by Gasteiger charge is -2.05. The molecule has 2 aromatic carbocycles. The number of aliphatic hydroxyl groups excluding tert-OH is 1. The Bertz CT molecular complexity index is 636. The third-order valence-corrected chi connectivity index (χ3v) is 3.00. The molecule has 21 heavy (non-hydrogen) atoms. The van der Waals surface area contributed by atoms with Gasteiger partial charge in [-0.1, -0.05) is 42.2 Å². The molecular formula is C18H17NO2. The van der Waals surface area contributed by atoms with Crippen molar-refractivity contribution in [1.29, 1.82) is 0 Å². The molecule has 0 aliphatic rings. The van der Waals surface area contributed by atoms with Crippen molar-refractivity contribution in [3.05, 3.63) is 71.3 Å². The maximum Gasteiger partial charge on any atom is 0.251 e. The van der Waals surface area contributed by atoms with Crippen LogP contribution in [0.25, 0.3) is 0 Å². The third-order valence-electron chi connectivity index (χ3n) is 3.00. The fourth-order valence-electron chi connectivity index (χ4n) is 1.91. The van der Waals surface area contributed by atoms with Crippen molar-refractivity contribution >= 4 is 5.91 Å². The Balaban J connectivity index is 1.85. The molecule has 2 N–H and O–H groups in total. The first-order valence-electron chi connectivity index (χ1n) is 6.81. The summed E-state index contributed by atoms with van der Waals surface area (Å²) in [6.07, 6.45) is 0.812. The highest BCUT2D eigenvalue weighted by molar-refractivity contribution is 5.94. The first-order chi connectivity index (χ1) is 10.3. The van der Waals surface area contributed by atoms with Gasteiger partial charge in [0.2, 0.25) is 0 Å². The Morgan fingerprint density at radius 1 is 1.05 bits per heavy atom. The highest BCUT2D eigenvalue weighted by Crippen LogP contribution is 2.04. The van der Waals surface area contributed by atoms with Crippen LogP contribution in [-0.2, 0) is 6.42 Å². The molecule has 3 nitrogen and oxygen atoms in total. The molecule has 0 heterocycles. The number of benzene rings is 2. The van der Waals surface area contributed by atoms with Gasteiger partial charge in [-0.05, 0) is 36.2 Å². The summed E-state index contributed by atoms with van der Waals surface area (Å²) in [4.78, 5) is 12.0. The van der Waals surface area contributed by atoms with Gasteiger partial charge < -0.3 is 10.4 Å². The van der Waals surface area contributed by atoms with Gasteiger partial charge in [0.15, 0.2) is 0 Å². The van der Waals surface area contributed by atoms with E-state index in [0.29, 0.717) is 12.1 Å². The summed E-state index contributed by atoms with van der Waals surface area (Å²) in [5.74, 6) is 5.27. The van der Waals surface area contributed by atoms with Gasteiger partial charge in [0.05, 0.1) is 0 Å². The number of nitrogens with one attached hydrogen (secondary N) is 1. The molecule has 3 heteroatoms. The summed E-state index contributed by atoms with van der Waals surface area (Å²) in [7, 11) is 0. The van der Waals surface area contributed by atoms with Crippen LogP contribution in [0.15, 0.2) is 54.6 Å². The zero-order valence-electron chi connectivity index (χ0n) is 11.7. The minimum atomic E-state index is -0.165. The van der Waals surface area contributed by atoms with E-state index in [1.807, 2.05) is 30.3 Å². The molecule has 0 aliphatic carbocycles. The number of hydrogen-bond donors (Lipinski definition) is 2. The second-order valence-electron chi connectivity index (χ2n) is 4.53. The molecule has 0 spiro atoms. The van der Waals surface area contributed by atoms with E-state index in [9.17, 15) is 4.79 Å². The lowest BCUT2D eigenvalue weighted by molar-refractivity contribution is 0.0954. The molecule has 106 valence electrons. The quantitative estimate of drug-likeness (QED) is 0.841. The van der Waals surface area contributed by atoms with Crippen LogP contribution in [-0.4, -0.2) is 24.2 Å². The Labute approximate surface area is 124 Å². The van der Waals surface area contributed by atoms with E-state index in [4.69, 9.17) is 5.11 Å². The lowest BCUT2D eigenvalue weighted by atomic mass is 10.1. The lowest BCUT2D eigenvalue weighted by Crippen LogP contribution is -2.25. The fraction of sp³-hybridized carbons (Fsp3) is 0.167. The standard InChI is InChI=1S/C18H17NO2/c20-14-4-7-16-8-10-17(11-9-16)18(21)19-13-12-15-5-2-1-3-6-15/h1-3,5-6,8-11,20H,12-14H2,(H,19,21). The Morgan fingerprint density at radius 3 is 2.43 bits per heavy atom. The highest BCUT2D eigenvalue weighted by atomic mass is 16.2. The van der Waals surface area contributed by atoms with Crippen LogP contribution >= 0.6 is 0 Å². The summed E-state index contributed by atoms with van der Waals surface area (Å²) in [6, 6.07) is 17.1. The van der Waals surface area contributed by atoms with Crippen LogP contribution in [0, 0.1) is 11.8 Å². The van der Waals surface area contributed by atoms with E-state index < -0.39 is 0 Å². The molecule has 1 amide bonds. The Morgan fingerprint density at radius 2 is 1.76 bits per heavy atom. The first kappa shape index (κ1) is 14.8. The second kappa shape index (κ2) is 7.88. The number of aliphatic hydroxyl groups is 1. The highest BCUT2D eigenvalue weighted by Gasteiger charge is 2.04. The van der Waals surface area contributed by atoms with Gasteiger partial charge >= 0.3 is 0 Å². The van der Waals surface area contributed by atoms with Crippen LogP contribution in [0.3, 0.4) is 0 Å². The largest absolute Gasteiger partial charge is 0.384 e. The molecule has 0 bridgehead atoms. The van der Waals surface area contributed by atoms with Crippen LogP contribution in [0.4, 0.5) is 0 Å². The van der Waals surface area contributed by atoms with Crippen molar-refractivity contribution in [2.75, 3.05) is 13.2 Å². The molecule has 0 radical (unpaired) electrons. The molecule has 2 aromatic rings. The molecule has 0 atom stereocenters. The average molecular weight is 279 g/mol. The van der Waals surface area contributed by atoms with Gasteiger partial charge in [0.1, 0.15) is 6.61 Å². The molecule has 0 fully saturated rings. The van der Waals surface area contributed by atoms with E-state index in [0.717, 1.165) is 12.0 Å². The molecule has 0 saturated heterocycles. The predicted molar refractivity (Wildman–Crippen MR) is 82.9 cm³/mol. The third kappa shape index (κ3) is 4.79. The van der Waals surface area contributed by atoms with Crippen LogP contribution in [0.1, 0.15) is 21.5 Å². The van der Waals surface area contributed by atoms with E-state index in [1.54, 1.807) is 24.3 Å². The second-order valence-corrected chi connectivity index (χ2v) is 4.53. The predicted octanol–water partition coefficient (Wildman–Crippen LogP) is 2.00. The first-order valence-corrected chi connectivity index (χ1v) is 6.81. The summed E-state index contributed by atoms with van der Waals surface area (Å²) in [5.41, 5.74) is 2.59. The topological polar surface area (TPSA) is 49.3 Å². The van der Waals surface area contributed by atoms with Crippen molar-refractivity contribution in [3.63, 3.8) is 0 Å². The number of carbonyl (C=O) groups excluding carboxylic acids is 1. The number of carbonyl (C=O) groups is 1. The summed E-state index contributed by atoms with van der Waals surface area (Å²) in [5, 5.41) is 11.5. The van der Waals surface area contributed by atoms with Crippen molar-refractivity contribution < 1.29 is 9.90 Å². The maximum absolute atomic E-state index is 12.0. The average Bonchev–Trinajstić information content (AvgIpc) is 2.54. The number of rotatable bonds is 4. The Hall–Kier alpha value is -2.57. The minimum Gasteiger partial charge on any atom is -0.384 e. The SMILES string of the molecule is O=C(NCCc1ccccc1)c1ccc(C#CCO)cc1. The molecule has 0 aliphatic heterocycles. The van der Waals surface area contributed by atoms with Gasteiger partial charge in [-0.2, -0.15) is 0 Å². The smallest absolute Gasteiger partial charge is 0.251 e. The monoisotopic (exact) mass is 279 g/mol. The minimum absolute atomic E-state index is 0.0902. The van der Waals surface area contributed by atoms with Gasteiger partial charge in [0.25, 0.3) is 5.91 Å². The van der Waals surface area contributed by atoms with Crippen LogP contribution in [0.5, 0.6) is 0 Å². The van der Waals surface area contributed by atoms with E-state index in [-0.39, 0.29) is 12.5 Å². The van der Waals surface area contributed by atoms with E-state index >= 15 is 0 Å². The van der Waals surface area contributed by atoms with Crippen LogP contribution in [0.2, 0.25) is 0 Å². The van der Waals surface area contributed by atoms with Crippen molar-refractivity contribution in [3.8, 4) is 11.8 Å². The molecular weight excluding hydrogens is 262 g/mol. The van der Waals surface area contributed by atoms with Crippen molar-refractivity contribution in [2.45, 2.75) is 6.42 Å². The fourth-order valence-corrected chi connectivity index (χ4v) is 1.91. The maximum atomic E-state index is 12.0. The zero-order valence-corrected chi connectivity index (χ0v) is 11.7. The zero-order chi connectivity index (χ0) is 14.9. The van der Waals surface area contributed by atoms with Crippen molar-refractivity contribution in [1.82, 2.24) is 5.32 Å². The molecule has 2 rings (SSSR count). The normalized spacial score (nSPS) is 9.57. The summed E-state index contributed by atoms with van der Waals surface area (Å²) < 4.78 is 0. The number of hydrogen-bond acceptors (Lipinski definition) is 2. The summed E-state index contributed by atoms with van der Waals surface area (Å²) >= 11 is 0. The van der Waals surface area contributed by atoms with Gasteiger partial charge in [-0.3, -0.25) is 4.79 Å². The van der Waals surface area contributed by atoms with Crippen LogP contribution < -0.4 is 5.32 Å². The van der Waals surface area contributed by atoms with Crippen molar-refractivity contribution in [2.24, 2.45) is 0 Å². The van der Waals surface area contributed by atoms with Gasteiger partial charge in [-0.15, -0.1) is 0 Å². The molecule has 0 unspecified atom stereocenters. The van der Waals surface area contributed by atoms with Gasteiger partial charge in [-0.25, -0.2) is 0 Å². The van der Waals surface area contributed by atoms with E-state index in [2.05, 4.69) is 17.2 Å². The van der Waals surface area contributed by atoms with Gasteiger partial charge in [0, 0.05) is 17.7 Å². The summed E-state index contributed by atoms with van der Waals surface area (Å²) in [6.45, 7) is 0.441. The number of amides is 1. The van der Waals surface area contributed by atoms with E-state index in [1.165, 1.54) is 5.56 Å². The molecule has 0 aromatic heterocycles. The molecule has 0 saturated carbocycles. The Kier molecular flexibility index (Phi) is 5.57.